The standard InChI is InChI=1S/C9H8N4O2/c1-13(12-14)9-11-10-8(15-9)7-5-3-2-4-6-7/h2-6H,1H3. The summed E-state index contributed by atoms with van der Waals surface area (Å²) in [6.45, 7) is 0. The Balaban J connectivity index is 2.32. The lowest BCUT2D eigenvalue weighted by Gasteiger charge is -1.98. The number of hydrogen-bond acceptors (Lipinski definition) is 5. The molecule has 6 nitrogen and oxygen atoms in total. The largest absolute Gasteiger partial charge is 0.402 e. The molecule has 0 fully saturated rings. The molecule has 6 heteroatoms. The van der Waals surface area contributed by atoms with E-state index in [1.54, 1.807) is 0 Å². The monoisotopic (exact) mass is 204 g/mol. The summed E-state index contributed by atoms with van der Waals surface area (Å²) in [6.07, 6.45) is 0. The predicted molar refractivity (Wildman–Crippen MR) is 53.9 cm³/mol. The number of rotatable bonds is 3. The molecule has 0 atom stereocenters. The van der Waals surface area contributed by atoms with Gasteiger partial charge in [-0.05, 0) is 12.1 Å². The molecule has 2 aromatic rings. The Morgan fingerprint density at radius 3 is 2.67 bits per heavy atom. The normalized spacial score (nSPS) is 9.93. The molecule has 0 unspecified atom stereocenters. The molecule has 0 N–H and O–H groups in total. The molecule has 0 saturated heterocycles. The minimum absolute atomic E-state index is 0.0730. The molecule has 76 valence electrons. The predicted octanol–water partition coefficient (Wildman–Crippen LogP) is 1.85. The summed E-state index contributed by atoms with van der Waals surface area (Å²) < 4.78 is 5.23. The van der Waals surface area contributed by atoms with Gasteiger partial charge in [0.05, 0.1) is 5.29 Å². The van der Waals surface area contributed by atoms with Gasteiger partial charge in [0.1, 0.15) is 0 Å². The van der Waals surface area contributed by atoms with Crippen molar-refractivity contribution >= 4 is 6.01 Å². The third-order valence-corrected chi connectivity index (χ3v) is 1.83. The molecule has 0 radical (unpaired) electrons. The van der Waals surface area contributed by atoms with Crippen molar-refractivity contribution in [1.29, 1.82) is 0 Å². The molecule has 0 spiro atoms. The molecule has 0 amide bonds. The number of nitroso groups, excluding NO2 is 1. The van der Waals surface area contributed by atoms with Crippen LogP contribution in [0.15, 0.2) is 40.0 Å². The van der Waals surface area contributed by atoms with E-state index in [0.717, 1.165) is 10.6 Å². The van der Waals surface area contributed by atoms with Crippen molar-refractivity contribution in [2.24, 2.45) is 5.29 Å². The first-order chi connectivity index (χ1) is 7.31. The molecule has 0 bridgehead atoms. The number of aromatic nitrogens is 2. The van der Waals surface area contributed by atoms with E-state index >= 15 is 0 Å². The van der Waals surface area contributed by atoms with Crippen LogP contribution in [0, 0.1) is 4.91 Å². The van der Waals surface area contributed by atoms with E-state index in [4.69, 9.17) is 4.42 Å². The van der Waals surface area contributed by atoms with Gasteiger partial charge in [0.25, 0.3) is 0 Å². The Morgan fingerprint density at radius 2 is 2.00 bits per heavy atom. The first-order valence-electron chi connectivity index (χ1n) is 4.27. The summed E-state index contributed by atoms with van der Waals surface area (Å²) >= 11 is 0. The Labute approximate surface area is 85.5 Å². The van der Waals surface area contributed by atoms with E-state index in [-0.39, 0.29) is 6.01 Å². The quantitative estimate of drug-likeness (QED) is 0.563. The smallest absolute Gasteiger partial charge is 0.341 e. The second-order valence-electron chi connectivity index (χ2n) is 2.86. The highest BCUT2D eigenvalue weighted by molar-refractivity contribution is 5.52. The highest BCUT2D eigenvalue weighted by Crippen LogP contribution is 2.20. The number of benzene rings is 1. The number of nitrogens with zero attached hydrogens (tertiary/aromatic N) is 4. The van der Waals surface area contributed by atoms with Crippen molar-refractivity contribution in [2.45, 2.75) is 0 Å². The first kappa shape index (κ1) is 9.32. The fraction of sp³-hybridized carbons (Fsp3) is 0.111. The van der Waals surface area contributed by atoms with Crippen LogP contribution >= 0.6 is 0 Å². The van der Waals surface area contributed by atoms with E-state index in [1.807, 2.05) is 30.3 Å². The van der Waals surface area contributed by atoms with Crippen LogP contribution in [-0.4, -0.2) is 17.2 Å². The summed E-state index contributed by atoms with van der Waals surface area (Å²) in [4.78, 5) is 10.2. The fourth-order valence-corrected chi connectivity index (χ4v) is 1.08. The topological polar surface area (TPSA) is 71.6 Å². The van der Waals surface area contributed by atoms with Crippen molar-refractivity contribution in [3.63, 3.8) is 0 Å². The summed E-state index contributed by atoms with van der Waals surface area (Å²) in [6, 6.07) is 9.36. The van der Waals surface area contributed by atoms with Gasteiger partial charge in [0.2, 0.25) is 5.89 Å². The second kappa shape index (κ2) is 3.87. The molecule has 1 aromatic heterocycles. The minimum Gasteiger partial charge on any atom is -0.402 e. The van der Waals surface area contributed by atoms with Crippen molar-refractivity contribution in [3.05, 3.63) is 35.2 Å². The highest BCUT2D eigenvalue weighted by Gasteiger charge is 2.11. The van der Waals surface area contributed by atoms with Gasteiger partial charge in [-0.25, -0.2) is 0 Å². The van der Waals surface area contributed by atoms with Crippen LogP contribution in [0.25, 0.3) is 11.5 Å². The third-order valence-electron chi connectivity index (χ3n) is 1.83. The summed E-state index contributed by atoms with van der Waals surface area (Å²) in [7, 11) is 1.44. The maximum Gasteiger partial charge on any atom is 0.341 e. The van der Waals surface area contributed by atoms with Gasteiger partial charge in [-0.1, -0.05) is 23.3 Å². The van der Waals surface area contributed by atoms with E-state index in [0.29, 0.717) is 5.89 Å². The molecular formula is C9H8N4O2. The van der Waals surface area contributed by atoms with Crippen molar-refractivity contribution < 1.29 is 4.42 Å². The van der Waals surface area contributed by atoms with E-state index < -0.39 is 0 Å². The lowest BCUT2D eigenvalue weighted by atomic mass is 10.2. The molecule has 15 heavy (non-hydrogen) atoms. The summed E-state index contributed by atoms with van der Waals surface area (Å²) in [5, 5.41) is 11.1. The number of hydrogen-bond donors (Lipinski definition) is 0. The van der Waals surface area contributed by atoms with Crippen LogP contribution in [-0.2, 0) is 0 Å². The maximum absolute atomic E-state index is 10.2. The SMILES string of the molecule is CN(N=O)c1nnc(-c2ccccc2)o1. The molecule has 0 aliphatic carbocycles. The summed E-state index contributed by atoms with van der Waals surface area (Å²) in [5.41, 5.74) is 0.801. The zero-order valence-electron chi connectivity index (χ0n) is 7.99. The average molecular weight is 204 g/mol. The highest BCUT2D eigenvalue weighted by atomic mass is 16.4. The lowest BCUT2D eigenvalue weighted by Crippen LogP contribution is -2.06. The van der Waals surface area contributed by atoms with Gasteiger partial charge in [-0.2, -0.15) is 5.01 Å². The molecule has 0 aliphatic heterocycles. The van der Waals surface area contributed by atoms with Crippen LogP contribution in [0.2, 0.25) is 0 Å². The van der Waals surface area contributed by atoms with Gasteiger partial charge in [0.15, 0.2) is 0 Å². The zero-order chi connectivity index (χ0) is 10.7. The lowest BCUT2D eigenvalue weighted by molar-refractivity contribution is 0.559. The van der Waals surface area contributed by atoms with Gasteiger partial charge < -0.3 is 4.42 Å². The average Bonchev–Trinajstić information content (AvgIpc) is 2.78. The second-order valence-corrected chi connectivity index (χ2v) is 2.86. The molecule has 2 rings (SSSR count). The van der Waals surface area contributed by atoms with E-state index in [1.165, 1.54) is 7.05 Å². The zero-order valence-corrected chi connectivity index (χ0v) is 7.99. The van der Waals surface area contributed by atoms with Crippen molar-refractivity contribution in [2.75, 3.05) is 12.1 Å². The van der Waals surface area contributed by atoms with Crippen LogP contribution in [0.1, 0.15) is 0 Å². The van der Waals surface area contributed by atoms with Crippen molar-refractivity contribution in [3.8, 4) is 11.5 Å². The number of anilines is 1. The molecule has 0 aliphatic rings. The summed E-state index contributed by atoms with van der Waals surface area (Å²) in [5.74, 6) is 0.362. The van der Waals surface area contributed by atoms with Crippen LogP contribution in [0.4, 0.5) is 6.01 Å². The van der Waals surface area contributed by atoms with E-state index in [2.05, 4.69) is 15.5 Å². The molecule has 1 aromatic carbocycles. The Bertz CT molecular complexity index is 454. The van der Waals surface area contributed by atoms with Gasteiger partial charge in [-0.3, -0.25) is 0 Å². The van der Waals surface area contributed by atoms with Crippen LogP contribution < -0.4 is 5.01 Å². The Hall–Kier alpha value is -2.24. The Kier molecular flexibility index (Phi) is 2.40. The molecular weight excluding hydrogens is 196 g/mol. The van der Waals surface area contributed by atoms with Crippen molar-refractivity contribution in [1.82, 2.24) is 10.2 Å². The van der Waals surface area contributed by atoms with Gasteiger partial charge >= 0.3 is 6.01 Å². The van der Waals surface area contributed by atoms with Gasteiger partial charge in [0, 0.05) is 12.6 Å². The van der Waals surface area contributed by atoms with Crippen LogP contribution in [0.3, 0.4) is 0 Å². The van der Waals surface area contributed by atoms with Gasteiger partial charge in [-0.15, -0.1) is 10.0 Å². The third kappa shape index (κ3) is 1.83. The first-order valence-corrected chi connectivity index (χ1v) is 4.27. The Morgan fingerprint density at radius 1 is 1.27 bits per heavy atom. The fourth-order valence-electron chi connectivity index (χ4n) is 1.08. The minimum atomic E-state index is 0.0730. The van der Waals surface area contributed by atoms with Crippen LogP contribution in [0.5, 0.6) is 0 Å². The maximum atomic E-state index is 10.2. The van der Waals surface area contributed by atoms with E-state index in [9.17, 15) is 4.91 Å². The molecule has 0 saturated carbocycles. The molecule has 1 heterocycles.